The molecule has 4 N–H and O–H groups in total. The monoisotopic (exact) mass is 437 g/mol. The van der Waals surface area contributed by atoms with Crippen LogP contribution in [0.25, 0.3) is 11.2 Å². The van der Waals surface area contributed by atoms with Crippen molar-refractivity contribution in [1.82, 2.24) is 19.5 Å². The number of aromatic nitrogens is 4. The number of ether oxygens (including phenoxy) is 2. The average molecular weight is 437 g/mol. The summed E-state index contributed by atoms with van der Waals surface area (Å²) < 4.78 is 23.6. The predicted octanol–water partition coefficient (Wildman–Crippen LogP) is 2.25. The first kappa shape index (κ1) is 20.1. The summed E-state index contributed by atoms with van der Waals surface area (Å²) in [5.74, 6) is 0.882. The van der Waals surface area contributed by atoms with E-state index in [1.807, 2.05) is 24.3 Å². The van der Waals surface area contributed by atoms with Crippen LogP contribution in [-0.2, 0) is 15.8 Å². The highest BCUT2D eigenvalue weighted by Crippen LogP contribution is 2.46. The molecule has 29 heavy (non-hydrogen) atoms. The third-order valence-corrected chi connectivity index (χ3v) is 5.98. The van der Waals surface area contributed by atoms with Crippen molar-refractivity contribution in [1.29, 1.82) is 0 Å². The van der Waals surface area contributed by atoms with E-state index < -0.39 is 19.5 Å². The number of hydrogen-bond donors (Lipinski definition) is 3. The summed E-state index contributed by atoms with van der Waals surface area (Å²) in [6, 6.07) is 7.55. The third-order valence-electron chi connectivity index (χ3n) is 4.53. The summed E-state index contributed by atoms with van der Waals surface area (Å²) in [7, 11) is -2.62. The lowest BCUT2D eigenvalue weighted by Gasteiger charge is -2.17. The van der Waals surface area contributed by atoms with Crippen LogP contribution < -0.4 is 10.5 Å². The number of methoxy groups -OCH3 is 1. The molecule has 2 aromatic heterocycles. The second kappa shape index (κ2) is 7.58. The number of nitrogen functional groups attached to an aromatic ring is 1. The van der Waals surface area contributed by atoms with Crippen molar-refractivity contribution in [2.75, 3.05) is 19.2 Å². The van der Waals surface area contributed by atoms with Crippen LogP contribution in [0.4, 0.5) is 5.95 Å². The van der Waals surface area contributed by atoms with E-state index in [1.165, 1.54) is 11.8 Å². The first-order valence-electron chi connectivity index (χ1n) is 8.76. The number of imidazole rings is 1. The molecule has 1 aliphatic rings. The van der Waals surface area contributed by atoms with Gasteiger partial charge in [-0.2, -0.15) is 4.98 Å². The highest BCUT2D eigenvalue weighted by molar-refractivity contribution is 7.99. The van der Waals surface area contributed by atoms with Crippen molar-refractivity contribution in [2.24, 2.45) is 0 Å². The Morgan fingerprint density at radius 1 is 1.28 bits per heavy atom. The van der Waals surface area contributed by atoms with Gasteiger partial charge in [0.15, 0.2) is 5.65 Å². The van der Waals surface area contributed by atoms with Crippen LogP contribution in [0.5, 0.6) is 5.75 Å². The van der Waals surface area contributed by atoms with Crippen LogP contribution in [0.2, 0.25) is 0 Å². The van der Waals surface area contributed by atoms with Gasteiger partial charge >= 0.3 is 7.60 Å². The molecule has 1 aliphatic carbocycles. The molecular formula is C17H20N5O5PS. The fourth-order valence-corrected chi connectivity index (χ4v) is 4.21. The van der Waals surface area contributed by atoms with Gasteiger partial charge in [-0.1, -0.05) is 11.8 Å². The third kappa shape index (κ3) is 4.71. The summed E-state index contributed by atoms with van der Waals surface area (Å²) in [6.45, 7) is 0.382. The topological polar surface area (TPSA) is 146 Å². The highest BCUT2D eigenvalue weighted by Gasteiger charge is 2.46. The van der Waals surface area contributed by atoms with Gasteiger partial charge in [0.1, 0.15) is 22.6 Å². The van der Waals surface area contributed by atoms with Crippen molar-refractivity contribution < 1.29 is 23.8 Å². The molecule has 0 amide bonds. The number of fused-ring (bicyclic) bond motifs is 1. The fraction of sp³-hybridized carbons (Fsp3) is 0.353. The molecule has 154 valence electrons. The lowest BCUT2D eigenvalue weighted by molar-refractivity contribution is 0.0417. The molecule has 0 saturated heterocycles. The van der Waals surface area contributed by atoms with Gasteiger partial charge in [-0.15, -0.1) is 0 Å². The van der Waals surface area contributed by atoms with Crippen LogP contribution in [-0.4, -0.2) is 48.4 Å². The van der Waals surface area contributed by atoms with Gasteiger partial charge in [0.05, 0.1) is 25.6 Å². The Morgan fingerprint density at radius 3 is 2.62 bits per heavy atom. The molecule has 4 rings (SSSR count). The van der Waals surface area contributed by atoms with Crippen molar-refractivity contribution in [2.45, 2.75) is 34.9 Å². The van der Waals surface area contributed by atoms with E-state index in [0.717, 1.165) is 10.6 Å². The number of anilines is 1. The Labute approximate surface area is 170 Å². The molecule has 0 aliphatic heterocycles. The Kier molecular flexibility index (Phi) is 5.26. The highest BCUT2D eigenvalue weighted by atomic mass is 32.2. The van der Waals surface area contributed by atoms with Crippen molar-refractivity contribution in [3.63, 3.8) is 0 Å². The molecule has 1 saturated carbocycles. The van der Waals surface area contributed by atoms with Crippen LogP contribution >= 0.6 is 19.4 Å². The number of rotatable bonds is 8. The standard InChI is InChI=1S/C17H20N5O5PS/c1-26-11-2-4-12(5-3-11)29-15-13-14(20-16(18)21-15)22(9-19-13)8-17(6-7-17)27-10-28(23,24)25/h2-5,9H,6-8,10H2,1H3,(H2,18,20,21)(H2,23,24,25). The van der Waals surface area contributed by atoms with E-state index in [-0.39, 0.29) is 5.95 Å². The van der Waals surface area contributed by atoms with Gasteiger partial charge in [-0.25, -0.2) is 9.97 Å². The second-order valence-corrected chi connectivity index (χ2v) is 9.48. The maximum Gasteiger partial charge on any atom is 0.351 e. The van der Waals surface area contributed by atoms with E-state index in [9.17, 15) is 4.57 Å². The predicted molar refractivity (Wildman–Crippen MR) is 107 cm³/mol. The minimum Gasteiger partial charge on any atom is -0.497 e. The normalized spacial score (nSPS) is 15.6. The number of benzene rings is 1. The van der Waals surface area contributed by atoms with Gasteiger partial charge in [-0.05, 0) is 37.1 Å². The first-order chi connectivity index (χ1) is 13.8. The van der Waals surface area contributed by atoms with Gasteiger partial charge in [0, 0.05) is 4.90 Å². The van der Waals surface area contributed by atoms with E-state index in [4.69, 9.17) is 25.0 Å². The van der Waals surface area contributed by atoms with Crippen LogP contribution in [0.15, 0.2) is 40.5 Å². The molecule has 1 aromatic carbocycles. The van der Waals surface area contributed by atoms with Gasteiger partial charge in [0.2, 0.25) is 5.95 Å². The van der Waals surface area contributed by atoms with Crippen LogP contribution in [0, 0.1) is 0 Å². The van der Waals surface area contributed by atoms with Gasteiger partial charge in [-0.3, -0.25) is 4.57 Å². The second-order valence-electron chi connectivity index (χ2n) is 6.83. The summed E-state index contributed by atoms with van der Waals surface area (Å²) >= 11 is 1.41. The molecule has 0 unspecified atom stereocenters. The first-order valence-corrected chi connectivity index (χ1v) is 11.4. The Bertz CT molecular complexity index is 1080. The Morgan fingerprint density at radius 2 is 2.00 bits per heavy atom. The molecule has 2 heterocycles. The lowest BCUT2D eigenvalue weighted by Crippen LogP contribution is -2.22. The molecule has 1 fully saturated rings. The molecule has 12 heteroatoms. The lowest BCUT2D eigenvalue weighted by atomic mass is 10.3. The number of nitrogens with zero attached hydrogens (tertiary/aromatic N) is 4. The van der Waals surface area contributed by atoms with E-state index in [1.54, 1.807) is 18.0 Å². The van der Waals surface area contributed by atoms with Gasteiger partial charge in [0.25, 0.3) is 0 Å². The van der Waals surface area contributed by atoms with Crippen molar-refractivity contribution in [3.05, 3.63) is 30.6 Å². The molecule has 0 atom stereocenters. The van der Waals surface area contributed by atoms with Crippen molar-refractivity contribution >= 4 is 36.5 Å². The molecule has 3 aromatic rings. The Hall–Kier alpha value is -2.17. The zero-order valence-corrected chi connectivity index (χ0v) is 17.3. The zero-order valence-electron chi connectivity index (χ0n) is 15.6. The van der Waals surface area contributed by atoms with E-state index >= 15 is 0 Å². The van der Waals surface area contributed by atoms with Crippen molar-refractivity contribution in [3.8, 4) is 5.75 Å². The quantitative estimate of drug-likeness (QED) is 0.354. The molecule has 10 nitrogen and oxygen atoms in total. The van der Waals surface area contributed by atoms with E-state index in [2.05, 4.69) is 15.0 Å². The summed E-state index contributed by atoms with van der Waals surface area (Å²) in [5.41, 5.74) is 6.46. The van der Waals surface area contributed by atoms with Crippen LogP contribution in [0.1, 0.15) is 12.8 Å². The maximum atomic E-state index is 11.1. The average Bonchev–Trinajstić information content (AvgIpc) is 3.33. The number of nitrogens with two attached hydrogens (primary N) is 1. The fourth-order valence-electron chi connectivity index (χ4n) is 2.90. The summed E-state index contributed by atoms with van der Waals surface area (Å²) in [6.07, 6.45) is 2.44. The Balaban J connectivity index is 1.59. The zero-order chi connectivity index (χ0) is 20.6. The minimum atomic E-state index is -4.23. The maximum absolute atomic E-state index is 11.1. The number of hydrogen-bond acceptors (Lipinski definition) is 8. The smallest absolute Gasteiger partial charge is 0.351 e. The largest absolute Gasteiger partial charge is 0.497 e. The SMILES string of the molecule is COc1ccc(Sc2nc(N)nc3c2ncn3CC2(OCP(=O)(O)O)CC2)cc1. The van der Waals surface area contributed by atoms with Crippen LogP contribution in [0.3, 0.4) is 0 Å². The van der Waals surface area contributed by atoms with E-state index in [0.29, 0.717) is 35.6 Å². The molecule has 0 radical (unpaired) electrons. The molecule has 0 bridgehead atoms. The molecule has 0 spiro atoms. The summed E-state index contributed by atoms with van der Waals surface area (Å²) in [4.78, 5) is 32.2. The van der Waals surface area contributed by atoms with Gasteiger partial charge < -0.3 is 29.6 Å². The minimum absolute atomic E-state index is 0.122. The summed E-state index contributed by atoms with van der Waals surface area (Å²) in [5, 5.41) is 0.623. The molecular weight excluding hydrogens is 417 g/mol.